The lowest BCUT2D eigenvalue weighted by Crippen LogP contribution is -2.44. The highest BCUT2D eigenvalue weighted by atomic mass is 16.4. The Hall–Kier alpha value is -0.890. The summed E-state index contributed by atoms with van der Waals surface area (Å²) in [6.45, 7) is -0.812. The van der Waals surface area contributed by atoms with Gasteiger partial charge in [0.2, 0.25) is 0 Å². The van der Waals surface area contributed by atoms with Gasteiger partial charge in [-0.25, -0.2) is 0 Å². The molecule has 0 saturated carbocycles. The average molecular weight is 159 g/mol. The monoisotopic (exact) mass is 159 g/mol. The fourth-order valence-electron chi connectivity index (χ4n) is 0.514. The molecule has 0 rings (SSSR count). The van der Waals surface area contributed by atoms with E-state index in [1.54, 1.807) is 6.40 Å². The second-order valence-corrected chi connectivity index (χ2v) is 2.13. The van der Waals surface area contributed by atoms with E-state index in [4.69, 9.17) is 11.6 Å². The fourth-order valence-corrected chi connectivity index (χ4v) is 0.514. The third kappa shape index (κ3) is 2.31. The van der Waals surface area contributed by atoms with Gasteiger partial charge in [0.15, 0.2) is 5.60 Å². The average Bonchev–Trinajstić information content (AvgIpc) is 2.05. The zero-order chi connectivity index (χ0) is 9.61. The number of rotatable bonds is 4. The molecule has 0 saturated heterocycles. The molecule has 11 heavy (non-hydrogen) atoms. The minimum Gasteiger partial charge on any atom is -0.392 e. The second-order valence-electron chi connectivity index (χ2n) is 2.13. The van der Waals surface area contributed by atoms with E-state index in [0.29, 0.717) is 6.29 Å². The van der Waals surface area contributed by atoms with Crippen molar-refractivity contribution >= 4 is 6.29 Å². The minimum atomic E-state index is -2.07. The van der Waals surface area contributed by atoms with Crippen LogP contribution in [0.15, 0.2) is 0 Å². The zero-order valence-electron chi connectivity index (χ0n) is 6.82. The van der Waals surface area contributed by atoms with Gasteiger partial charge in [-0.05, 0) is 0 Å². The van der Waals surface area contributed by atoms with Gasteiger partial charge < -0.3 is 20.1 Å². The first-order valence-corrected chi connectivity index (χ1v) is 2.99. The van der Waals surface area contributed by atoms with Crippen molar-refractivity contribution < 1.29 is 21.5 Å². The van der Waals surface area contributed by atoms with Gasteiger partial charge in [-0.1, -0.05) is 5.92 Å². The summed E-state index contributed by atoms with van der Waals surface area (Å²) in [4.78, 5) is 9.93. The molecule has 0 aliphatic rings. The molecule has 0 aromatic rings. The summed E-state index contributed by atoms with van der Waals surface area (Å²) in [6, 6.07) is 0. The van der Waals surface area contributed by atoms with Gasteiger partial charge in [0.05, 0.1) is 6.61 Å². The molecule has 4 nitrogen and oxygen atoms in total. The molecule has 0 aliphatic heterocycles. The third-order valence-electron chi connectivity index (χ3n) is 1.33. The highest BCUT2D eigenvalue weighted by molar-refractivity contribution is 5.51. The molecular formula is C7H10O4. The summed E-state index contributed by atoms with van der Waals surface area (Å²) in [5, 5.41) is 26.9. The smallest absolute Gasteiger partial charge is 0.174 e. The van der Waals surface area contributed by atoms with E-state index >= 15 is 0 Å². The molecule has 0 aliphatic carbocycles. The molecule has 0 unspecified atom stereocenters. The third-order valence-corrected chi connectivity index (χ3v) is 1.33. The van der Waals surface area contributed by atoms with Crippen molar-refractivity contribution in [2.24, 2.45) is 0 Å². The molecule has 0 amide bonds. The molecule has 62 valence electrons. The summed E-state index contributed by atoms with van der Waals surface area (Å²) in [5.74, 6) is 1.91. The Balaban J connectivity index is 4.45. The summed E-state index contributed by atoms with van der Waals surface area (Å²) in [5.41, 5.74) is -2.07. The molecule has 0 aromatic carbocycles. The standard InChI is InChI=1S/C7H10O4/c1-2-7(11,5-9)6(10)3-4-8/h1,4,6,9-11H,3,5H2/t6-,7+/m0/s1/i1D. The van der Waals surface area contributed by atoms with Crippen molar-refractivity contribution in [1.82, 2.24) is 0 Å². The van der Waals surface area contributed by atoms with Gasteiger partial charge in [0, 0.05) is 6.42 Å². The maximum Gasteiger partial charge on any atom is 0.174 e. The normalized spacial score (nSPS) is 18.6. The lowest BCUT2D eigenvalue weighted by atomic mass is 9.97. The maximum atomic E-state index is 9.93. The lowest BCUT2D eigenvalue weighted by molar-refractivity contribution is -0.115. The van der Waals surface area contributed by atoms with E-state index in [0.717, 1.165) is 0 Å². The molecule has 0 heterocycles. The van der Waals surface area contributed by atoms with Gasteiger partial charge in [-0.15, -0.1) is 6.40 Å². The molecule has 3 N–H and O–H groups in total. The van der Waals surface area contributed by atoms with E-state index in [-0.39, 0.29) is 6.42 Å². The molecule has 0 aromatic heterocycles. The topological polar surface area (TPSA) is 77.8 Å². The summed E-state index contributed by atoms with van der Waals surface area (Å²) >= 11 is 0. The largest absolute Gasteiger partial charge is 0.392 e. The second kappa shape index (κ2) is 4.09. The molecule has 0 spiro atoms. The Morgan fingerprint density at radius 2 is 2.55 bits per heavy atom. The SMILES string of the molecule is [2H]C#C[C@@](O)(CO)[C@@H](O)CC=O. The number of carbonyl (C=O) groups excluding carboxylic acids is 1. The Kier molecular flexibility index (Phi) is 3.05. The van der Waals surface area contributed by atoms with Crippen molar-refractivity contribution in [3.8, 4) is 12.3 Å². The van der Waals surface area contributed by atoms with Gasteiger partial charge in [0.1, 0.15) is 13.8 Å². The van der Waals surface area contributed by atoms with Crippen molar-refractivity contribution in [3.05, 3.63) is 0 Å². The number of hydrogen-bond donors (Lipinski definition) is 3. The van der Waals surface area contributed by atoms with Crippen LogP contribution in [-0.4, -0.2) is 39.9 Å². The van der Waals surface area contributed by atoms with Crippen LogP contribution in [0, 0.1) is 12.3 Å². The number of aliphatic hydroxyl groups excluding tert-OH is 2. The van der Waals surface area contributed by atoms with E-state index in [2.05, 4.69) is 0 Å². The van der Waals surface area contributed by atoms with Crippen LogP contribution in [0.25, 0.3) is 0 Å². The Morgan fingerprint density at radius 3 is 2.91 bits per heavy atom. The first-order chi connectivity index (χ1) is 5.60. The van der Waals surface area contributed by atoms with Crippen LogP contribution in [0.4, 0.5) is 0 Å². The fraction of sp³-hybridized carbons (Fsp3) is 0.571. The van der Waals surface area contributed by atoms with Crippen LogP contribution in [0.1, 0.15) is 7.79 Å². The zero-order valence-corrected chi connectivity index (χ0v) is 5.82. The maximum absolute atomic E-state index is 9.93. The number of aliphatic hydroxyl groups is 3. The van der Waals surface area contributed by atoms with Crippen LogP contribution in [-0.2, 0) is 4.79 Å². The summed E-state index contributed by atoms with van der Waals surface area (Å²) in [7, 11) is 0. The first-order valence-electron chi connectivity index (χ1n) is 3.49. The van der Waals surface area contributed by atoms with Crippen LogP contribution in [0.2, 0.25) is 0 Å². The first kappa shape index (κ1) is 8.21. The highest BCUT2D eigenvalue weighted by Gasteiger charge is 2.32. The molecule has 0 bridgehead atoms. The lowest BCUT2D eigenvalue weighted by Gasteiger charge is -2.23. The molecule has 0 radical (unpaired) electrons. The quantitative estimate of drug-likeness (QED) is 0.337. The van der Waals surface area contributed by atoms with Crippen molar-refractivity contribution in [3.63, 3.8) is 0 Å². The van der Waals surface area contributed by atoms with E-state index in [1.807, 2.05) is 5.92 Å². The van der Waals surface area contributed by atoms with Gasteiger partial charge >= 0.3 is 0 Å². The Bertz CT molecular complexity index is 207. The van der Waals surface area contributed by atoms with Crippen LogP contribution < -0.4 is 0 Å². The number of hydrogen-bond acceptors (Lipinski definition) is 4. The molecule has 2 atom stereocenters. The Labute approximate surface area is 65.9 Å². The van der Waals surface area contributed by atoms with E-state index in [1.165, 1.54) is 0 Å². The van der Waals surface area contributed by atoms with Crippen molar-refractivity contribution in [2.45, 2.75) is 18.1 Å². The van der Waals surface area contributed by atoms with Gasteiger partial charge in [0.25, 0.3) is 0 Å². The van der Waals surface area contributed by atoms with E-state index in [9.17, 15) is 9.90 Å². The van der Waals surface area contributed by atoms with E-state index < -0.39 is 18.3 Å². The van der Waals surface area contributed by atoms with Gasteiger partial charge in [-0.3, -0.25) is 0 Å². The Morgan fingerprint density at radius 1 is 1.91 bits per heavy atom. The van der Waals surface area contributed by atoms with Crippen molar-refractivity contribution in [1.29, 1.82) is 0 Å². The summed E-state index contributed by atoms with van der Waals surface area (Å²) < 4.78 is 6.46. The highest BCUT2D eigenvalue weighted by Crippen LogP contribution is 2.10. The molecular weight excluding hydrogens is 148 g/mol. The minimum absolute atomic E-state index is 0.328. The molecule has 4 heteroatoms. The number of aldehydes is 1. The van der Waals surface area contributed by atoms with Gasteiger partial charge in [-0.2, -0.15) is 0 Å². The van der Waals surface area contributed by atoms with Crippen LogP contribution in [0.3, 0.4) is 0 Å². The number of terminal acetylenes is 1. The van der Waals surface area contributed by atoms with Crippen LogP contribution >= 0.6 is 0 Å². The predicted octanol–water partition coefficient (Wildman–Crippen LogP) is -1.71. The molecule has 0 fully saturated rings. The van der Waals surface area contributed by atoms with Crippen LogP contribution in [0.5, 0.6) is 0 Å². The van der Waals surface area contributed by atoms with Crippen molar-refractivity contribution in [2.75, 3.05) is 6.61 Å². The summed E-state index contributed by atoms with van der Waals surface area (Å²) in [6.07, 6.45) is 0.224. The predicted molar refractivity (Wildman–Crippen MR) is 37.6 cm³/mol. The number of carbonyl (C=O) groups is 1.